The van der Waals surface area contributed by atoms with E-state index in [2.05, 4.69) is 20.5 Å². The van der Waals surface area contributed by atoms with Gasteiger partial charge < -0.3 is 4.90 Å². The molecule has 0 aliphatic carbocycles. The highest BCUT2D eigenvalue weighted by Crippen LogP contribution is 2.31. The number of carbonyl (C=O) groups excluding carboxylic acids is 2. The molecular weight excluding hydrogens is 472 g/mol. The van der Waals surface area contributed by atoms with Crippen LogP contribution in [-0.4, -0.2) is 55.1 Å². The number of aromatic nitrogens is 1. The van der Waals surface area contributed by atoms with E-state index in [4.69, 9.17) is 11.6 Å². The molecule has 1 aliphatic rings. The number of urea groups is 1. The van der Waals surface area contributed by atoms with Crippen LogP contribution >= 0.6 is 22.9 Å². The number of nitrogens with zero attached hydrogens (tertiary/aromatic N) is 2. The van der Waals surface area contributed by atoms with E-state index in [0.29, 0.717) is 23.2 Å². The van der Waals surface area contributed by atoms with Gasteiger partial charge in [0.15, 0.2) is 15.0 Å². The predicted octanol–water partition coefficient (Wildman–Crippen LogP) is 3.78. The van der Waals surface area contributed by atoms with Gasteiger partial charge in [0, 0.05) is 6.54 Å². The van der Waals surface area contributed by atoms with E-state index >= 15 is 0 Å². The first-order chi connectivity index (χ1) is 15.3. The van der Waals surface area contributed by atoms with Gasteiger partial charge in [0.2, 0.25) is 0 Å². The number of hydrogen-bond donors (Lipinski definition) is 2. The Morgan fingerprint density at radius 2 is 2.03 bits per heavy atom. The van der Waals surface area contributed by atoms with Crippen LogP contribution in [-0.2, 0) is 9.84 Å². The van der Waals surface area contributed by atoms with Crippen molar-refractivity contribution in [3.05, 3.63) is 53.1 Å². The van der Waals surface area contributed by atoms with Crippen molar-refractivity contribution in [1.82, 2.24) is 15.2 Å². The minimum Gasteiger partial charge on any atom is -0.302 e. The van der Waals surface area contributed by atoms with Crippen LogP contribution in [0.2, 0.25) is 5.02 Å². The smallest absolute Gasteiger partial charge is 0.302 e. The van der Waals surface area contributed by atoms with Crippen molar-refractivity contribution in [2.45, 2.75) is 23.5 Å². The van der Waals surface area contributed by atoms with Crippen molar-refractivity contribution in [2.24, 2.45) is 0 Å². The van der Waals surface area contributed by atoms with Gasteiger partial charge in [-0.25, -0.2) is 18.2 Å². The topological polar surface area (TPSA) is 108 Å². The highest BCUT2D eigenvalue weighted by Gasteiger charge is 2.33. The lowest BCUT2D eigenvalue weighted by Crippen LogP contribution is -2.34. The van der Waals surface area contributed by atoms with E-state index in [1.54, 1.807) is 36.4 Å². The molecule has 1 unspecified atom stereocenters. The first-order valence-electron chi connectivity index (χ1n) is 10.0. The molecule has 3 aromatic rings. The van der Waals surface area contributed by atoms with E-state index in [1.165, 1.54) is 6.07 Å². The average Bonchev–Trinajstić information content (AvgIpc) is 3.40. The predicted molar refractivity (Wildman–Crippen MR) is 125 cm³/mol. The standard InChI is InChI=1S/C21H21ClN4O4S2/c1-2-26-10-9-14(12-26)32(29,30)13-7-8-17-18(11-13)31-21(23-17)25-20(28)24-19(27)15-5-3-4-6-16(15)22/h3-8,11,14H,2,9-10,12H2,1H3,(H2,23,24,25,27,28). The highest BCUT2D eigenvalue weighted by molar-refractivity contribution is 7.92. The molecule has 2 heterocycles. The Labute approximate surface area is 194 Å². The van der Waals surface area contributed by atoms with Gasteiger partial charge in [-0.2, -0.15) is 0 Å². The lowest BCUT2D eigenvalue weighted by molar-refractivity contribution is 0.0967. The van der Waals surface area contributed by atoms with Gasteiger partial charge in [-0.3, -0.25) is 15.4 Å². The summed E-state index contributed by atoms with van der Waals surface area (Å²) in [5.41, 5.74) is 0.736. The third kappa shape index (κ3) is 4.63. The summed E-state index contributed by atoms with van der Waals surface area (Å²) in [4.78, 5) is 31.1. The summed E-state index contributed by atoms with van der Waals surface area (Å²) in [6.07, 6.45) is 0.614. The van der Waals surface area contributed by atoms with E-state index in [-0.39, 0.29) is 20.6 Å². The van der Waals surface area contributed by atoms with Gasteiger partial charge in [-0.15, -0.1) is 0 Å². The van der Waals surface area contributed by atoms with Gasteiger partial charge >= 0.3 is 6.03 Å². The van der Waals surface area contributed by atoms with E-state index in [1.807, 2.05) is 6.92 Å². The quantitative estimate of drug-likeness (QED) is 0.561. The molecule has 0 spiro atoms. The molecular formula is C21H21ClN4O4S2. The largest absolute Gasteiger partial charge is 0.327 e. The summed E-state index contributed by atoms with van der Waals surface area (Å²) in [6, 6.07) is 10.4. The first-order valence-corrected chi connectivity index (χ1v) is 12.8. The number of anilines is 1. The molecule has 0 bridgehead atoms. The second kappa shape index (κ2) is 9.14. The number of nitrogens with one attached hydrogen (secondary N) is 2. The number of rotatable bonds is 5. The molecule has 3 amide bonds. The molecule has 2 aromatic carbocycles. The number of fused-ring (bicyclic) bond motifs is 1. The average molecular weight is 493 g/mol. The first kappa shape index (κ1) is 22.7. The van der Waals surface area contributed by atoms with Crippen LogP contribution in [0.25, 0.3) is 10.2 Å². The van der Waals surface area contributed by atoms with Crippen LogP contribution in [0, 0.1) is 0 Å². The molecule has 32 heavy (non-hydrogen) atoms. The lowest BCUT2D eigenvalue weighted by Gasteiger charge is -2.14. The van der Waals surface area contributed by atoms with Gasteiger partial charge in [0.25, 0.3) is 5.91 Å². The molecule has 1 atom stereocenters. The molecule has 4 rings (SSSR count). The number of carbonyl (C=O) groups is 2. The van der Waals surface area contributed by atoms with Crippen molar-refractivity contribution in [3.63, 3.8) is 0 Å². The van der Waals surface area contributed by atoms with Gasteiger partial charge in [-0.05, 0) is 49.8 Å². The minimum absolute atomic E-state index is 0.178. The normalized spacial score (nSPS) is 16.9. The zero-order valence-electron chi connectivity index (χ0n) is 17.2. The van der Waals surface area contributed by atoms with Crippen molar-refractivity contribution in [1.29, 1.82) is 0 Å². The molecule has 1 aromatic heterocycles. The summed E-state index contributed by atoms with van der Waals surface area (Å²) < 4.78 is 26.7. The second-order valence-corrected chi connectivity index (χ2v) is 11.1. The van der Waals surface area contributed by atoms with E-state index < -0.39 is 27.0 Å². The molecule has 2 N–H and O–H groups in total. The number of thiazole rings is 1. The van der Waals surface area contributed by atoms with Crippen molar-refractivity contribution < 1.29 is 18.0 Å². The molecule has 0 saturated carbocycles. The van der Waals surface area contributed by atoms with E-state index in [0.717, 1.165) is 24.4 Å². The number of hydrogen-bond acceptors (Lipinski definition) is 7. The number of sulfone groups is 1. The van der Waals surface area contributed by atoms with Crippen molar-refractivity contribution >= 4 is 60.1 Å². The molecule has 8 nitrogen and oxygen atoms in total. The van der Waals surface area contributed by atoms with Crippen LogP contribution in [0.3, 0.4) is 0 Å². The van der Waals surface area contributed by atoms with Crippen LogP contribution in [0.1, 0.15) is 23.7 Å². The third-order valence-corrected chi connectivity index (χ3v) is 8.81. The Balaban J connectivity index is 1.48. The molecule has 0 radical (unpaired) electrons. The zero-order chi connectivity index (χ0) is 22.9. The highest BCUT2D eigenvalue weighted by atomic mass is 35.5. The third-order valence-electron chi connectivity index (χ3n) is 5.37. The molecule has 1 aliphatic heterocycles. The summed E-state index contributed by atoms with van der Waals surface area (Å²) >= 11 is 7.11. The molecule has 1 saturated heterocycles. The fourth-order valence-electron chi connectivity index (χ4n) is 3.61. The van der Waals surface area contributed by atoms with E-state index in [9.17, 15) is 18.0 Å². The number of imide groups is 1. The summed E-state index contributed by atoms with van der Waals surface area (Å²) in [5.74, 6) is -0.639. The van der Waals surface area contributed by atoms with Gasteiger partial charge in [0.1, 0.15) is 0 Å². The maximum atomic E-state index is 13.0. The molecule has 168 valence electrons. The fraction of sp³-hybridized carbons (Fsp3) is 0.286. The fourth-order valence-corrected chi connectivity index (χ4v) is 6.55. The summed E-state index contributed by atoms with van der Waals surface area (Å²) in [5, 5.41) is 4.78. The summed E-state index contributed by atoms with van der Waals surface area (Å²) in [6.45, 7) is 4.16. The summed E-state index contributed by atoms with van der Waals surface area (Å²) in [7, 11) is -3.46. The monoisotopic (exact) mass is 492 g/mol. The van der Waals surface area contributed by atoms with Crippen LogP contribution in [0.15, 0.2) is 47.4 Å². The number of benzene rings is 2. The Morgan fingerprint density at radius 1 is 1.25 bits per heavy atom. The van der Waals surface area contributed by atoms with Crippen LogP contribution in [0.5, 0.6) is 0 Å². The van der Waals surface area contributed by atoms with Crippen LogP contribution in [0.4, 0.5) is 9.93 Å². The molecule has 1 fully saturated rings. The maximum absolute atomic E-state index is 13.0. The Bertz CT molecular complexity index is 1290. The number of likely N-dealkylation sites (tertiary alicyclic amines) is 1. The Morgan fingerprint density at radius 3 is 2.75 bits per heavy atom. The SMILES string of the molecule is CCN1CCC(S(=O)(=O)c2ccc3nc(NC(=O)NC(=O)c4ccccc4Cl)sc3c2)C1. The Hall–Kier alpha value is -2.53. The minimum atomic E-state index is -3.46. The lowest BCUT2D eigenvalue weighted by atomic mass is 10.2. The van der Waals surface area contributed by atoms with Gasteiger partial charge in [-0.1, -0.05) is 42.0 Å². The molecule has 11 heteroatoms. The maximum Gasteiger partial charge on any atom is 0.327 e. The Kier molecular flexibility index (Phi) is 6.47. The zero-order valence-corrected chi connectivity index (χ0v) is 19.6. The van der Waals surface area contributed by atoms with Crippen molar-refractivity contribution in [2.75, 3.05) is 25.0 Å². The second-order valence-electron chi connectivity index (χ2n) is 7.39. The number of halogens is 1. The van der Waals surface area contributed by atoms with Crippen LogP contribution < -0.4 is 10.6 Å². The van der Waals surface area contributed by atoms with Crippen molar-refractivity contribution in [3.8, 4) is 0 Å². The number of amides is 3. The van der Waals surface area contributed by atoms with Gasteiger partial charge in [0.05, 0.1) is 30.9 Å².